The van der Waals surface area contributed by atoms with Gasteiger partial charge in [-0.05, 0) is 48.9 Å². The Bertz CT molecular complexity index is 681. The highest BCUT2D eigenvalue weighted by Crippen LogP contribution is 2.29. The largest absolute Gasteiger partial charge is 0.331 e. The van der Waals surface area contributed by atoms with E-state index >= 15 is 0 Å². The Morgan fingerprint density at radius 2 is 2.13 bits per heavy atom. The molecule has 0 aliphatic heterocycles. The fraction of sp³-hybridized carbons (Fsp3) is 0.368. The van der Waals surface area contributed by atoms with Gasteiger partial charge < -0.3 is 10.2 Å². The van der Waals surface area contributed by atoms with Crippen molar-refractivity contribution in [1.82, 2.24) is 15.2 Å². The molecule has 23 heavy (non-hydrogen) atoms. The molecule has 0 spiro atoms. The molecule has 0 saturated heterocycles. The lowest BCUT2D eigenvalue weighted by molar-refractivity contribution is 0.200. The van der Waals surface area contributed by atoms with E-state index in [1.807, 2.05) is 38.4 Å². The molecule has 1 unspecified atom stereocenters. The number of aromatic nitrogens is 1. The van der Waals surface area contributed by atoms with Crippen LogP contribution in [0.2, 0.25) is 0 Å². The smallest absolute Gasteiger partial charge is 0.317 e. The molecule has 0 bridgehead atoms. The summed E-state index contributed by atoms with van der Waals surface area (Å²) in [5.74, 6) is 0. The highest BCUT2D eigenvalue weighted by molar-refractivity contribution is 5.74. The minimum atomic E-state index is -0.0471. The molecule has 1 N–H and O–H groups in total. The Morgan fingerprint density at radius 3 is 2.91 bits per heavy atom. The molecule has 1 aliphatic carbocycles. The quantitative estimate of drug-likeness (QED) is 0.941. The summed E-state index contributed by atoms with van der Waals surface area (Å²) < 4.78 is 0. The summed E-state index contributed by atoms with van der Waals surface area (Å²) in [6.07, 6.45) is 5.05. The number of nitrogens with zero attached hydrogens (tertiary/aromatic N) is 2. The van der Waals surface area contributed by atoms with E-state index < -0.39 is 0 Å². The van der Waals surface area contributed by atoms with E-state index in [0.717, 1.165) is 30.5 Å². The minimum Gasteiger partial charge on any atom is -0.331 e. The molecule has 2 aromatic rings. The molecule has 2 amide bonds. The van der Waals surface area contributed by atoms with Crippen molar-refractivity contribution in [3.05, 3.63) is 65.0 Å². The van der Waals surface area contributed by atoms with Gasteiger partial charge in [0.2, 0.25) is 0 Å². The summed E-state index contributed by atoms with van der Waals surface area (Å²) in [5.41, 5.74) is 4.64. The summed E-state index contributed by atoms with van der Waals surface area (Å²) >= 11 is 0. The number of carbonyl (C=O) groups excluding carboxylic acids is 1. The molecule has 0 radical (unpaired) electrons. The lowest BCUT2D eigenvalue weighted by atomic mass is 9.88. The fourth-order valence-electron chi connectivity index (χ4n) is 3.07. The van der Waals surface area contributed by atoms with Crippen molar-refractivity contribution in [3.8, 4) is 0 Å². The number of urea groups is 1. The molecule has 3 rings (SSSR count). The van der Waals surface area contributed by atoms with Gasteiger partial charge in [-0.3, -0.25) is 4.98 Å². The van der Waals surface area contributed by atoms with Crippen molar-refractivity contribution in [3.63, 3.8) is 0 Å². The van der Waals surface area contributed by atoms with Gasteiger partial charge in [-0.1, -0.05) is 30.3 Å². The zero-order valence-corrected chi connectivity index (χ0v) is 13.7. The van der Waals surface area contributed by atoms with Crippen LogP contribution in [0.25, 0.3) is 0 Å². The topological polar surface area (TPSA) is 45.2 Å². The monoisotopic (exact) mass is 309 g/mol. The van der Waals surface area contributed by atoms with E-state index in [9.17, 15) is 4.79 Å². The predicted molar refractivity (Wildman–Crippen MR) is 91.1 cm³/mol. The molecule has 4 nitrogen and oxygen atoms in total. The average Bonchev–Trinajstić information content (AvgIpc) is 2.57. The molecule has 0 saturated carbocycles. The molecule has 0 fully saturated rings. The summed E-state index contributed by atoms with van der Waals surface area (Å²) in [4.78, 5) is 18.5. The lowest BCUT2D eigenvalue weighted by Gasteiger charge is -2.28. The van der Waals surface area contributed by atoms with Crippen LogP contribution in [-0.2, 0) is 13.0 Å². The highest BCUT2D eigenvalue weighted by Gasteiger charge is 2.22. The number of rotatable bonds is 3. The third kappa shape index (κ3) is 3.70. The van der Waals surface area contributed by atoms with Gasteiger partial charge in [-0.15, -0.1) is 0 Å². The first-order valence-corrected chi connectivity index (χ1v) is 8.14. The number of benzene rings is 1. The van der Waals surface area contributed by atoms with E-state index in [-0.39, 0.29) is 12.1 Å². The zero-order chi connectivity index (χ0) is 16.2. The van der Waals surface area contributed by atoms with Gasteiger partial charge in [-0.2, -0.15) is 0 Å². The fourth-order valence-corrected chi connectivity index (χ4v) is 3.07. The average molecular weight is 309 g/mol. The maximum Gasteiger partial charge on any atom is 0.317 e. The van der Waals surface area contributed by atoms with Crippen molar-refractivity contribution in [1.29, 1.82) is 0 Å². The second-order valence-electron chi connectivity index (χ2n) is 6.28. The molecule has 120 valence electrons. The summed E-state index contributed by atoms with van der Waals surface area (Å²) in [6, 6.07) is 12.5. The first-order valence-electron chi connectivity index (χ1n) is 8.14. The van der Waals surface area contributed by atoms with Crippen LogP contribution < -0.4 is 5.32 Å². The van der Waals surface area contributed by atoms with Gasteiger partial charge in [0.1, 0.15) is 0 Å². The second kappa shape index (κ2) is 6.82. The van der Waals surface area contributed by atoms with E-state index in [0.29, 0.717) is 6.54 Å². The molecule has 1 heterocycles. The van der Waals surface area contributed by atoms with Crippen LogP contribution >= 0.6 is 0 Å². The zero-order valence-electron chi connectivity index (χ0n) is 13.7. The number of hydrogen-bond donors (Lipinski definition) is 1. The SMILES string of the molecule is Cc1ccc(CN(C)C(=O)NC2CCCc3ccccc32)nc1. The molecule has 1 aromatic carbocycles. The van der Waals surface area contributed by atoms with E-state index in [4.69, 9.17) is 0 Å². The van der Waals surface area contributed by atoms with Gasteiger partial charge in [0.25, 0.3) is 0 Å². The van der Waals surface area contributed by atoms with E-state index in [1.54, 1.807) is 4.90 Å². The van der Waals surface area contributed by atoms with Crippen molar-refractivity contribution < 1.29 is 4.79 Å². The van der Waals surface area contributed by atoms with Crippen LogP contribution in [0.3, 0.4) is 0 Å². The van der Waals surface area contributed by atoms with Gasteiger partial charge in [0.05, 0.1) is 18.3 Å². The maximum absolute atomic E-state index is 12.5. The Balaban J connectivity index is 1.64. The molecule has 1 aromatic heterocycles. The van der Waals surface area contributed by atoms with Crippen LogP contribution in [0, 0.1) is 6.92 Å². The number of carbonyl (C=O) groups is 1. The number of fused-ring (bicyclic) bond motifs is 1. The number of pyridine rings is 1. The van der Waals surface area contributed by atoms with Crippen molar-refractivity contribution >= 4 is 6.03 Å². The summed E-state index contributed by atoms with van der Waals surface area (Å²) in [7, 11) is 1.81. The highest BCUT2D eigenvalue weighted by atomic mass is 16.2. The standard InChI is InChI=1S/C19H23N3O/c1-14-10-11-16(20-12-14)13-22(2)19(23)21-18-9-5-7-15-6-3-4-8-17(15)18/h3-4,6,8,10-12,18H,5,7,9,13H2,1-2H3,(H,21,23). The number of hydrogen-bond acceptors (Lipinski definition) is 2. The first-order chi connectivity index (χ1) is 11.1. The van der Waals surface area contributed by atoms with Crippen molar-refractivity contribution in [2.75, 3.05) is 7.05 Å². The molecule has 1 atom stereocenters. The minimum absolute atomic E-state index is 0.0471. The van der Waals surface area contributed by atoms with Gasteiger partial charge in [0.15, 0.2) is 0 Å². The lowest BCUT2D eigenvalue weighted by Crippen LogP contribution is -2.40. The second-order valence-corrected chi connectivity index (χ2v) is 6.28. The Morgan fingerprint density at radius 1 is 1.30 bits per heavy atom. The Kier molecular flexibility index (Phi) is 4.60. The van der Waals surface area contributed by atoms with Gasteiger partial charge >= 0.3 is 6.03 Å². The van der Waals surface area contributed by atoms with E-state index in [2.05, 4.69) is 28.5 Å². The third-order valence-corrected chi connectivity index (χ3v) is 4.39. The van der Waals surface area contributed by atoms with Crippen molar-refractivity contribution in [2.45, 2.75) is 38.8 Å². The normalized spacial score (nSPS) is 16.5. The summed E-state index contributed by atoms with van der Waals surface area (Å²) in [6.45, 7) is 2.52. The summed E-state index contributed by atoms with van der Waals surface area (Å²) in [5, 5.41) is 3.17. The van der Waals surface area contributed by atoms with E-state index in [1.165, 1.54) is 11.1 Å². The van der Waals surface area contributed by atoms with Crippen LogP contribution in [0.5, 0.6) is 0 Å². The predicted octanol–water partition coefficient (Wildman–Crippen LogP) is 3.61. The van der Waals surface area contributed by atoms with Crippen LogP contribution in [0.4, 0.5) is 4.79 Å². The van der Waals surface area contributed by atoms with Crippen LogP contribution in [0.15, 0.2) is 42.6 Å². The molecular formula is C19H23N3O. The molecular weight excluding hydrogens is 286 g/mol. The number of amides is 2. The van der Waals surface area contributed by atoms with Crippen LogP contribution in [0.1, 0.15) is 41.3 Å². The Hall–Kier alpha value is -2.36. The maximum atomic E-state index is 12.5. The molecule has 4 heteroatoms. The van der Waals surface area contributed by atoms with Gasteiger partial charge in [-0.25, -0.2) is 4.79 Å². The third-order valence-electron chi connectivity index (χ3n) is 4.39. The number of aryl methyl sites for hydroxylation is 2. The van der Waals surface area contributed by atoms with Crippen LogP contribution in [-0.4, -0.2) is 23.0 Å². The Labute approximate surface area is 137 Å². The first kappa shape index (κ1) is 15.5. The molecule has 1 aliphatic rings. The number of nitrogens with one attached hydrogen (secondary N) is 1. The van der Waals surface area contributed by atoms with Gasteiger partial charge in [0, 0.05) is 13.2 Å². The van der Waals surface area contributed by atoms with Crippen molar-refractivity contribution in [2.24, 2.45) is 0 Å².